The molecule has 15 heavy (non-hydrogen) atoms. The summed E-state index contributed by atoms with van der Waals surface area (Å²) < 4.78 is 15.7. The van der Waals surface area contributed by atoms with Gasteiger partial charge in [-0.1, -0.05) is 0 Å². The van der Waals surface area contributed by atoms with E-state index in [1.165, 1.54) is 0 Å². The second kappa shape index (κ2) is 6.80. The van der Waals surface area contributed by atoms with Crippen LogP contribution in [0.25, 0.3) is 0 Å². The minimum Gasteiger partial charge on any atom is -0.466 e. The highest BCUT2D eigenvalue weighted by molar-refractivity contribution is 5.72. The Balaban J connectivity index is 2.05. The van der Waals surface area contributed by atoms with Crippen LogP contribution in [0.5, 0.6) is 0 Å². The van der Waals surface area contributed by atoms with Crippen LogP contribution in [0.4, 0.5) is 0 Å². The lowest BCUT2D eigenvalue weighted by Crippen LogP contribution is -2.23. The topological polar surface area (TPSA) is 44.8 Å². The van der Waals surface area contributed by atoms with E-state index in [4.69, 9.17) is 14.2 Å². The number of ether oxygens (including phenoxy) is 3. The predicted molar refractivity (Wildman–Crippen MR) is 55.6 cm³/mol. The average molecular weight is 216 g/mol. The highest BCUT2D eigenvalue weighted by atomic mass is 16.5. The quantitative estimate of drug-likeness (QED) is 0.629. The summed E-state index contributed by atoms with van der Waals surface area (Å²) in [4.78, 5) is 11.2. The molecule has 0 N–H and O–H groups in total. The molecular formula is C11H20O4. The Morgan fingerprint density at radius 2 is 2.40 bits per heavy atom. The first-order valence-electron chi connectivity index (χ1n) is 5.60. The van der Waals surface area contributed by atoms with E-state index in [9.17, 15) is 4.79 Å². The lowest BCUT2D eigenvalue weighted by molar-refractivity contribution is -0.149. The zero-order chi connectivity index (χ0) is 11.1. The molecule has 2 atom stereocenters. The van der Waals surface area contributed by atoms with Gasteiger partial charge in [-0.3, -0.25) is 4.79 Å². The van der Waals surface area contributed by atoms with Crippen LogP contribution >= 0.6 is 0 Å². The predicted octanol–water partition coefficient (Wildman–Crippen LogP) is 1.38. The third-order valence-electron chi connectivity index (χ3n) is 2.38. The van der Waals surface area contributed by atoms with E-state index >= 15 is 0 Å². The third kappa shape index (κ3) is 4.62. The molecule has 1 saturated heterocycles. The molecule has 1 rings (SSSR count). The van der Waals surface area contributed by atoms with Crippen LogP contribution in [-0.4, -0.2) is 38.5 Å². The van der Waals surface area contributed by atoms with Gasteiger partial charge in [0.15, 0.2) is 0 Å². The second-order valence-electron chi connectivity index (χ2n) is 3.83. The first-order chi connectivity index (χ1) is 7.24. The van der Waals surface area contributed by atoms with Gasteiger partial charge in [-0.25, -0.2) is 0 Å². The van der Waals surface area contributed by atoms with E-state index in [1.807, 2.05) is 6.92 Å². The molecule has 4 nitrogen and oxygen atoms in total. The first-order valence-corrected chi connectivity index (χ1v) is 5.60. The minimum atomic E-state index is -0.190. The molecule has 0 bridgehead atoms. The van der Waals surface area contributed by atoms with Gasteiger partial charge in [0, 0.05) is 6.61 Å². The van der Waals surface area contributed by atoms with Gasteiger partial charge < -0.3 is 14.2 Å². The Labute approximate surface area is 90.9 Å². The second-order valence-corrected chi connectivity index (χ2v) is 3.83. The molecule has 0 spiro atoms. The molecular weight excluding hydrogens is 196 g/mol. The summed E-state index contributed by atoms with van der Waals surface area (Å²) in [5.41, 5.74) is 0. The van der Waals surface area contributed by atoms with E-state index in [1.54, 1.807) is 6.92 Å². The molecule has 1 fully saturated rings. The van der Waals surface area contributed by atoms with Crippen LogP contribution in [0, 0.1) is 5.92 Å². The zero-order valence-electron chi connectivity index (χ0n) is 9.53. The zero-order valence-corrected chi connectivity index (χ0v) is 9.53. The molecule has 0 aromatic carbocycles. The molecule has 1 aliphatic heterocycles. The molecule has 0 aliphatic carbocycles. The maximum Gasteiger partial charge on any atom is 0.310 e. The summed E-state index contributed by atoms with van der Waals surface area (Å²) in [6.45, 7) is 5.88. The van der Waals surface area contributed by atoms with Crippen molar-refractivity contribution in [2.75, 3.05) is 26.4 Å². The standard InChI is InChI=1S/C11H20O4/c1-3-14-11(12)9(2)7-13-8-10-5-4-6-15-10/h9-10H,3-8H2,1-2H3. The van der Waals surface area contributed by atoms with Crippen molar-refractivity contribution in [3.8, 4) is 0 Å². The van der Waals surface area contributed by atoms with Crippen molar-refractivity contribution in [1.82, 2.24) is 0 Å². The van der Waals surface area contributed by atoms with Crippen molar-refractivity contribution in [1.29, 1.82) is 0 Å². The van der Waals surface area contributed by atoms with Crippen molar-refractivity contribution in [3.05, 3.63) is 0 Å². The van der Waals surface area contributed by atoms with E-state index in [-0.39, 0.29) is 18.0 Å². The number of esters is 1. The number of rotatable bonds is 6. The summed E-state index contributed by atoms with van der Waals surface area (Å²) in [6, 6.07) is 0. The fraction of sp³-hybridized carbons (Fsp3) is 0.909. The molecule has 0 aromatic heterocycles. The van der Waals surface area contributed by atoms with Crippen molar-refractivity contribution < 1.29 is 19.0 Å². The molecule has 0 amide bonds. The summed E-state index contributed by atoms with van der Waals surface area (Å²) >= 11 is 0. The SMILES string of the molecule is CCOC(=O)C(C)COCC1CCCO1. The number of hydrogen-bond acceptors (Lipinski definition) is 4. The van der Waals surface area contributed by atoms with Gasteiger partial charge in [0.1, 0.15) is 0 Å². The molecule has 0 radical (unpaired) electrons. The Bertz CT molecular complexity index is 187. The van der Waals surface area contributed by atoms with Gasteiger partial charge in [0.2, 0.25) is 0 Å². The van der Waals surface area contributed by atoms with E-state index < -0.39 is 0 Å². The summed E-state index contributed by atoms with van der Waals surface area (Å²) in [7, 11) is 0. The fourth-order valence-corrected chi connectivity index (χ4v) is 1.50. The van der Waals surface area contributed by atoms with E-state index in [0.29, 0.717) is 19.8 Å². The largest absolute Gasteiger partial charge is 0.466 e. The van der Waals surface area contributed by atoms with Gasteiger partial charge in [-0.05, 0) is 26.7 Å². The highest BCUT2D eigenvalue weighted by Gasteiger charge is 2.18. The Morgan fingerprint density at radius 3 is 3.00 bits per heavy atom. The van der Waals surface area contributed by atoms with Gasteiger partial charge in [0.05, 0.1) is 31.8 Å². The van der Waals surface area contributed by atoms with E-state index in [0.717, 1.165) is 19.4 Å². The Hall–Kier alpha value is -0.610. The van der Waals surface area contributed by atoms with Crippen molar-refractivity contribution in [3.63, 3.8) is 0 Å². The number of carbonyl (C=O) groups excluding carboxylic acids is 1. The van der Waals surface area contributed by atoms with Crippen molar-refractivity contribution >= 4 is 5.97 Å². The van der Waals surface area contributed by atoms with Gasteiger partial charge in [0.25, 0.3) is 0 Å². The van der Waals surface area contributed by atoms with E-state index in [2.05, 4.69) is 0 Å². The van der Waals surface area contributed by atoms with Gasteiger partial charge >= 0.3 is 5.97 Å². The Morgan fingerprint density at radius 1 is 1.60 bits per heavy atom. The molecule has 2 unspecified atom stereocenters. The lowest BCUT2D eigenvalue weighted by atomic mass is 10.2. The van der Waals surface area contributed by atoms with Gasteiger partial charge in [-0.2, -0.15) is 0 Å². The van der Waals surface area contributed by atoms with Crippen molar-refractivity contribution in [2.24, 2.45) is 5.92 Å². The van der Waals surface area contributed by atoms with Crippen LogP contribution in [-0.2, 0) is 19.0 Å². The highest BCUT2D eigenvalue weighted by Crippen LogP contribution is 2.12. The number of carbonyl (C=O) groups is 1. The smallest absolute Gasteiger partial charge is 0.310 e. The normalized spacial score (nSPS) is 22.7. The van der Waals surface area contributed by atoms with Crippen LogP contribution in [0.1, 0.15) is 26.7 Å². The van der Waals surface area contributed by atoms with Crippen LogP contribution in [0.15, 0.2) is 0 Å². The fourth-order valence-electron chi connectivity index (χ4n) is 1.50. The molecule has 0 aromatic rings. The summed E-state index contributed by atoms with van der Waals surface area (Å²) in [5, 5.41) is 0. The molecule has 0 saturated carbocycles. The van der Waals surface area contributed by atoms with Gasteiger partial charge in [-0.15, -0.1) is 0 Å². The van der Waals surface area contributed by atoms with Crippen LogP contribution in [0.3, 0.4) is 0 Å². The monoisotopic (exact) mass is 216 g/mol. The van der Waals surface area contributed by atoms with Crippen LogP contribution in [0.2, 0.25) is 0 Å². The average Bonchev–Trinajstić information content (AvgIpc) is 2.71. The maximum absolute atomic E-state index is 11.2. The third-order valence-corrected chi connectivity index (χ3v) is 2.38. The Kier molecular flexibility index (Phi) is 5.65. The summed E-state index contributed by atoms with van der Waals surface area (Å²) in [6.07, 6.45) is 2.40. The molecule has 1 heterocycles. The van der Waals surface area contributed by atoms with Crippen molar-refractivity contribution in [2.45, 2.75) is 32.8 Å². The molecule has 88 valence electrons. The lowest BCUT2D eigenvalue weighted by Gasteiger charge is -2.13. The summed E-state index contributed by atoms with van der Waals surface area (Å²) in [5.74, 6) is -0.379. The number of hydrogen-bond donors (Lipinski definition) is 0. The first kappa shape index (κ1) is 12.5. The minimum absolute atomic E-state index is 0.189. The molecule has 4 heteroatoms. The maximum atomic E-state index is 11.2. The molecule has 1 aliphatic rings. The van der Waals surface area contributed by atoms with Crippen LogP contribution < -0.4 is 0 Å².